The van der Waals surface area contributed by atoms with Crippen molar-refractivity contribution in [3.8, 4) is 12.3 Å². The van der Waals surface area contributed by atoms with Crippen LogP contribution in [0.1, 0.15) is 19.3 Å². The number of hydrogen-bond acceptors (Lipinski definition) is 1. The Hall–Kier alpha value is -0.0900. The topological polar surface area (TPSA) is 0 Å². The molecule has 0 aromatic rings. The van der Waals surface area contributed by atoms with Gasteiger partial charge in [0.25, 0.3) is 0 Å². The molecule has 45 valence electrons. The van der Waals surface area contributed by atoms with Crippen molar-refractivity contribution in [3.63, 3.8) is 0 Å². The number of hydrogen-bond donors (Lipinski definition) is 0. The van der Waals surface area contributed by atoms with Crippen LogP contribution in [0, 0.1) is 18.6 Å². The van der Waals surface area contributed by atoms with E-state index in [0.29, 0.717) is 0 Å². The second-order valence-electron chi connectivity index (χ2n) is 1.57. The standard InChI is InChI=1S/C7H11S/c1-3-4-5-6-7-8-2/h1H,2,4-7H2. The molecule has 0 aromatic heterocycles. The highest BCUT2D eigenvalue weighted by Gasteiger charge is 1.82. The monoisotopic (exact) mass is 127 g/mol. The van der Waals surface area contributed by atoms with Gasteiger partial charge in [-0.05, 0) is 18.6 Å². The number of terminal acetylenes is 1. The van der Waals surface area contributed by atoms with Crippen LogP contribution in [0.25, 0.3) is 0 Å². The molecule has 0 bridgehead atoms. The Morgan fingerprint density at radius 2 is 2.25 bits per heavy atom. The molecule has 0 heterocycles. The van der Waals surface area contributed by atoms with Crippen LogP contribution in [-0.2, 0) is 0 Å². The summed E-state index contributed by atoms with van der Waals surface area (Å²) < 4.78 is 0. The van der Waals surface area contributed by atoms with E-state index in [2.05, 4.69) is 12.2 Å². The van der Waals surface area contributed by atoms with E-state index >= 15 is 0 Å². The highest BCUT2D eigenvalue weighted by atomic mass is 32.2. The van der Waals surface area contributed by atoms with Crippen molar-refractivity contribution in [1.29, 1.82) is 0 Å². The van der Waals surface area contributed by atoms with E-state index < -0.39 is 0 Å². The SMILES string of the molecule is C#CCCCCS[CH2]. The zero-order chi connectivity index (χ0) is 6.24. The summed E-state index contributed by atoms with van der Waals surface area (Å²) in [7, 11) is 0. The normalized spacial score (nSPS) is 8.50. The first-order chi connectivity index (χ1) is 3.91. The predicted octanol–water partition coefficient (Wildman–Crippen LogP) is 2.31. The summed E-state index contributed by atoms with van der Waals surface area (Å²) in [5.41, 5.74) is 0. The molecule has 0 saturated carbocycles. The molecule has 0 aliphatic heterocycles. The summed E-state index contributed by atoms with van der Waals surface area (Å²) in [4.78, 5) is 0. The van der Waals surface area contributed by atoms with Gasteiger partial charge in [-0.25, -0.2) is 0 Å². The maximum absolute atomic E-state index is 5.04. The third-order valence-electron chi connectivity index (χ3n) is 0.860. The van der Waals surface area contributed by atoms with E-state index in [1.165, 1.54) is 6.42 Å². The highest BCUT2D eigenvalue weighted by Crippen LogP contribution is 2.02. The lowest BCUT2D eigenvalue weighted by Crippen LogP contribution is -1.75. The van der Waals surface area contributed by atoms with Gasteiger partial charge in [-0.1, -0.05) is 0 Å². The average Bonchev–Trinajstić information content (AvgIpc) is 1.81. The quantitative estimate of drug-likeness (QED) is 0.412. The molecule has 0 rings (SSSR count). The van der Waals surface area contributed by atoms with Gasteiger partial charge in [0.15, 0.2) is 0 Å². The molecule has 1 radical (unpaired) electrons. The lowest BCUT2D eigenvalue weighted by molar-refractivity contribution is 0.838. The minimum atomic E-state index is 0.917. The zero-order valence-corrected chi connectivity index (χ0v) is 5.84. The summed E-state index contributed by atoms with van der Waals surface area (Å²) in [5.74, 6) is 3.74. The number of thioether (sulfide) groups is 1. The molecule has 1 heteroatoms. The number of unbranched alkanes of at least 4 members (excludes halogenated alkanes) is 2. The first-order valence-electron chi connectivity index (χ1n) is 2.72. The second kappa shape index (κ2) is 6.91. The van der Waals surface area contributed by atoms with Crippen molar-refractivity contribution in [2.75, 3.05) is 5.75 Å². The fourth-order valence-corrected chi connectivity index (χ4v) is 0.839. The van der Waals surface area contributed by atoms with Crippen LogP contribution in [0.15, 0.2) is 0 Å². The molecule has 0 nitrogen and oxygen atoms in total. The Labute approximate surface area is 56.1 Å². The molecule has 0 amide bonds. The summed E-state index contributed by atoms with van der Waals surface area (Å²) in [6.07, 6.45) is 12.0. The lowest BCUT2D eigenvalue weighted by atomic mass is 10.3. The molecule has 0 aromatic carbocycles. The van der Waals surface area contributed by atoms with Gasteiger partial charge in [0, 0.05) is 12.7 Å². The summed E-state index contributed by atoms with van der Waals surface area (Å²) in [6.45, 7) is 0. The predicted molar refractivity (Wildman–Crippen MR) is 40.5 cm³/mol. The number of rotatable bonds is 4. The summed E-state index contributed by atoms with van der Waals surface area (Å²) in [6, 6.07) is 0. The second-order valence-corrected chi connectivity index (χ2v) is 2.39. The Morgan fingerprint density at radius 3 is 2.75 bits per heavy atom. The maximum Gasteiger partial charge on any atom is 0.00863 e. The van der Waals surface area contributed by atoms with E-state index in [1.54, 1.807) is 11.8 Å². The fraction of sp³-hybridized carbons (Fsp3) is 0.571. The highest BCUT2D eigenvalue weighted by molar-refractivity contribution is 8.00. The maximum atomic E-state index is 5.04. The smallest absolute Gasteiger partial charge is 0.00863 e. The Morgan fingerprint density at radius 1 is 1.50 bits per heavy atom. The molecular formula is C7H11S. The van der Waals surface area contributed by atoms with Crippen molar-refractivity contribution in [2.24, 2.45) is 0 Å². The molecule has 0 spiro atoms. The van der Waals surface area contributed by atoms with E-state index in [9.17, 15) is 0 Å². The molecule has 0 aliphatic rings. The molecule has 0 N–H and O–H groups in total. The molecular weight excluding hydrogens is 116 g/mol. The Bertz CT molecular complexity index is 70.9. The van der Waals surface area contributed by atoms with Crippen molar-refractivity contribution in [3.05, 3.63) is 6.26 Å². The summed E-state index contributed by atoms with van der Waals surface area (Å²) in [5, 5.41) is 0. The van der Waals surface area contributed by atoms with E-state index in [0.717, 1.165) is 18.6 Å². The first-order valence-corrected chi connectivity index (χ1v) is 3.87. The first kappa shape index (κ1) is 7.91. The Balaban J connectivity index is 2.65. The molecule has 0 atom stereocenters. The third-order valence-corrected chi connectivity index (χ3v) is 1.44. The van der Waals surface area contributed by atoms with Gasteiger partial charge in [-0.3, -0.25) is 0 Å². The molecule has 8 heavy (non-hydrogen) atoms. The molecule has 0 unspecified atom stereocenters. The van der Waals surface area contributed by atoms with Crippen LogP contribution in [0.3, 0.4) is 0 Å². The van der Waals surface area contributed by atoms with Crippen molar-refractivity contribution < 1.29 is 0 Å². The molecule has 0 fully saturated rings. The summed E-state index contributed by atoms with van der Waals surface area (Å²) >= 11 is 1.63. The molecule has 0 aliphatic carbocycles. The average molecular weight is 127 g/mol. The minimum Gasteiger partial charge on any atom is -0.161 e. The van der Waals surface area contributed by atoms with Crippen molar-refractivity contribution >= 4 is 11.8 Å². The molecule has 0 saturated heterocycles. The van der Waals surface area contributed by atoms with Crippen molar-refractivity contribution in [1.82, 2.24) is 0 Å². The lowest BCUT2D eigenvalue weighted by Gasteiger charge is -1.90. The van der Waals surface area contributed by atoms with E-state index in [1.807, 2.05) is 0 Å². The van der Waals surface area contributed by atoms with Gasteiger partial charge in [-0.15, -0.1) is 12.3 Å². The minimum absolute atomic E-state index is 0.917. The zero-order valence-electron chi connectivity index (χ0n) is 5.02. The van der Waals surface area contributed by atoms with Gasteiger partial charge in [0.1, 0.15) is 0 Å². The van der Waals surface area contributed by atoms with E-state index in [4.69, 9.17) is 6.42 Å². The van der Waals surface area contributed by atoms with Crippen LogP contribution >= 0.6 is 11.8 Å². The van der Waals surface area contributed by atoms with E-state index in [-0.39, 0.29) is 0 Å². The van der Waals surface area contributed by atoms with Gasteiger partial charge < -0.3 is 0 Å². The van der Waals surface area contributed by atoms with Crippen LogP contribution in [-0.4, -0.2) is 5.75 Å². The van der Waals surface area contributed by atoms with Gasteiger partial charge in [-0.2, -0.15) is 11.8 Å². The van der Waals surface area contributed by atoms with Crippen LogP contribution in [0.4, 0.5) is 0 Å². The fourth-order valence-electron chi connectivity index (χ4n) is 0.431. The van der Waals surface area contributed by atoms with Crippen LogP contribution in [0.5, 0.6) is 0 Å². The van der Waals surface area contributed by atoms with Crippen LogP contribution in [0.2, 0.25) is 0 Å². The van der Waals surface area contributed by atoms with Crippen molar-refractivity contribution in [2.45, 2.75) is 19.3 Å². The third kappa shape index (κ3) is 5.91. The van der Waals surface area contributed by atoms with Crippen LogP contribution < -0.4 is 0 Å². The van der Waals surface area contributed by atoms with Gasteiger partial charge >= 0.3 is 0 Å². The Kier molecular flexibility index (Phi) is 6.83. The van der Waals surface area contributed by atoms with Gasteiger partial charge in [0.2, 0.25) is 0 Å². The van der Waals surface area contributed by atoms with Gasteiger partial charge in [0.05, 0.1) is 0 Å². The largest absolute Gasteiger partial charge is 0.161 e.